The predicted octanol–water partition coefficient (Wildman–Crippen LogP) is 8.55. The van der Waals surface area contributed by atoms with Crippen molar-refractivity contribution in [2.45, 2.75) is 110 Å². The number of aromatic nitrogens is 4. The minimum atomic E-state index is -0.683. The Kier molecular flexibility index (Phi) is 10.9. The first-order valence-corrected chi connectivity index (χ1v) is 19.0. The first-order valence-electron chi connectivity index (χ1n) is 19.0. The Labute approximate surface area is 318 Å². The maximum atomic E-state index is 13.6. The van der Waals surface area contributed by atoms with Crippen molar-refractivity contribution in [2.24, 2.45) is 5.92 Å². The van der Waals surface area contributed by atoms with Crippen LogP contribution in [0.25, 0.3) is 33.6 Å². The second-order valence-electron chi connectivity index (χ2n) is 16.8. The van der Waals surface area contributed by atoms with Crippen LogP contribution in [-0.2, 0) is 19.7 Å². The minimum absolute atomic E-state index is 0.0998. The third kappa shape index (κ3) is 8.32. The largest absolute Gasteiger partial charge is 0.453 e. The Hall–Kier alpha value is -5.13. The number of methoxy groups -OCH3 is 1. The van der Waals surface area contributed by atoms with E-state index in [0.717, 1.165) is 71.0 Å². The molecule has 0 spiro atoms. The molecule has 12 heteroatoms. The third-order valence-corrected chi connectivity index (χ3v) is 10.3. The molecular formula is C42H55N7O5. The monoisotopic (exact) mass is 737 g/mol. The summed E-state index contributed by atoms with van der Waals surface area (Å²) in [5.41, 5.74) is 6.56. The van der Waals surface area contributed by atoms with Crippen molar-refractivity contribution in [1.82, 2.24) is 35.1 Å². The number of hydrogen-bond donors (Lipinski definition) is 3. The molecule has 3 atom stereocenters. The molecule has 2 aromatic carbocycles. The Morgan fingerprint density at radius 1 is 0.796 bits per heavy atom. The smallest absolute Gasteiger partial charge is 0.410 e. The van der Waals surface area contributed by atoms with E-state index in [-0.39, 0.29) is 35.4 Å². The summed E-state index contributed by atoms with van der Waals surface area (Å²) in [6, 6.07) is 14.0. The maximum absolute atomic E-state index is 13.6. The van der Waals surface area contributed by atoms with Crippen molar-refractivity contribution in [1.29, 1.82) is 0 Å². The Balaban J connectivity index is 1.20. The van der Waals surface area contributed by atoms with E-state index in [0.29, 0.717) is 13.1 Å². The van der Waals surface area contributed by atoms with Gasteiger partial charge in [-0.05, 0) is 91.7 Å². The van der Waals surface area contributed by atoms with Crippen LogP contribution in [0.1, 0.15) is 110 Å². The maximum Gasteiger partial charge on any atom is 0.410 e. The van der Waals surface area contributed by atoms with Gasteiger partial charge in [-0.25, -0.2) is 19.6 Å². The average molecular weight is 738 g/mol. The van der Waals surface area contributed by atoms with E-state index in [4.69, 9.17) is 19.4 Å². The third-order valence-electron chi connectivity index (χ3n) is 10.3. The molecular weight excluding hydrogens is 683 g/mol. The molecule has 0 saturated carbocycles. The van der Waals surface area contributed by atoms with Crippen molar-refractivity contribution < 1.29 is 23.9 Å². The molecule has 2 aliphatic rings. The first kappa shape index (κ1) is 38.6. The fourth-order valence-corrected chi connectivity index (χ4v) is 7.50. The minimum Gasteiger partial charge on any atom is -0.453 e. The molecule has 0 bridgehead atoms. The van der Waals surface area contributed by atoms with Gasteiger partial charge < -0.3 is 29.7 Å². The lowest BCUT2D eigenvalue weighted by Crippen LogP contribution is -2.51. The summed E-state index contributed by atoms with van der Waals surface area (Å²) in [4.78, 5) is 58.6. The number of aromatic amines is 2. The van der Waals surface area contributed by atoms with Gasteiger partial charge in [0.25, 0.3) is 0 Å². The van der Waals surface area contributed by atoms with Gasteiger partial charge in [0.05, 0.1) is 43.0 Å². The molecule has 0 unspecified atom stereocenters. The topological polar surface area (TPSA) is 146 Å². The van der Waals surface area contributed by atoms with Gasteiger partial charge in [0.2, 0.25) is 5.91 Å². The highest BCUT2D eigenvalue weighted by Crippen LogP contribution is 2.39. The molecule has 3 N–H and O–H groups in total. The molecule has 12 nitrogen and oxygen atoms in total. The quantitative estimate of drug-likeness (QED) is 0.164. The Bertz CT molecular complexity index is 1970. The van der Waals surface area contributed by atoms with Crippen LogP contribution < -0.4 is 5.32 Å². The number of amides is 3. The van der Waals surface area contributed by atoms with Crippen LogP contribution >= 0.6 is 0 Å². The number of carbonyl (C=O) groups is 3. The Morgan fingerprint density at radius 3 is 1.89 bits per heavy atom. The second kappa shape index (κ2) is 15.3. The number of ether oxygens (including phenoxy) is 2. The number of nitrogens with one attached hydrogen (secondary N) is 3. The molecule has 2 aliphatic heterocycles. The van der Waals surface area contributed by atoms with Crippen LogP contribution in [0.5, 0.6) is 0 Å². The van der Waals surface area contributed by atoms with Crippen molar-refractivity contribution in [3.05, 3.63) is 72.1 Å². The molecule has 0 aliphatic carbocycles. The van der Waals surface area contributed by atoms with Gasteiger partial charge in [0.15, 0.2) is 0 Å². The highest BCUT2D eigenvalue weighted by molar-refractivity contribution is 5.86. The van der Waals surface area contributed by atoms with Crippen LogP contribution in [0.15, 0.2) is 54.9 Å². The van der Waals surface area contributed by atoms with Crippen LogP contribution in [0.4, 0.5) is 9.59 Å². The summed E-state index contributed by atoms with van der Waals surface area (Å²) < 4.78 is 10.4. The van der Waals surface area contributed by atoms with Gasteiger partial charge in [-0.1, -0.05) is 71.0 Å². The number of hydrogen-bond acceptors (Lipinski definition) is 7. The van der Waals surface area contributed by atoms with Gasteiger partial charge in [-0.15, -0.1) is 0 Å². The number of benzene rings is 2. The molecule has 6 rings (SSSR count). The van der Waals surface area contributed by atoms with E-state index in [9.17, 15) is 14.4 Å². The zero-order valence-electron chi connectivity index (χ0n) is 33.1. The van der Waals surface area contributed by atoms with E-state index in [1.165, 1.54) is 12.7 Å². The summed E-state index contributed by atoms with van der Waals surface area (Å²) in [5.74, 6) is 1.28. The van der Waals surface area contributed by atoms with Gasteiger partial charge in [-0.3, -0.25) is 9.69 Å². The first-order chi connectivity index (χ1) is 25.5. The van der Waals surface area contributed by atoms with Crippen LogP contribution in [0.3, 0.4) is 0 Å². The molecule has 4 aromatic rings. The van der Waals surface area contributed by atoms with E-state index in [1.54, 1.807) is 4.90 Å². The number of carbonyl (C=O) groups excluding carboxylic acids is 3. The van der Waals surface area contributed by atoms with Crippen LogP contribution in [-0.4, -0.2) is 79.7 Å². The number of rotatable bonds is 8. The van der Waals surface area contributed by atoms with Crippen LogP contribution in [0, 0.1) is 5.92 Å². The standard InChI is InChI=1S/C42H55N7O5/c1-25(2)35(47-39(51)53-9)38(50)48-20-10-12-33(48)36-43-23-31(45-36)27-16-14-26(15-17-27)29-19-18-28(22-30(29)41(3,4)5)32-24-44-37(46-32)34-13-11-21-49(34)40(52)54-42(6,7)8/h14-19,22-25,33-35H,10-13,20-21H2,1-9H3,(H,43,45)(H,44,46)(H,47,51)/t33-,34-,35-/m0/s1. The molecule has 288 valence electrons. The average Bonchev–Trinajstić information content (AvgIpc) is 3.95. The highest BCUT2D eigenvalue weighted by atomic mass is 16.6. The summed E-state index contributed by atoms with van der Waals surface area (Å²) in [7, 11) is 1.30. The lowest BCUT2D eigenvalue weighted by atomic mass is 9.80. The Morgan fingerprint density at radius 2 is 1.33 bits per heavy atom. The van der Waals surface area contributed by atoms with Gasteiger partial charge in [0.1, 0.15) is 23.3 Å². The normalized spacial score (nSPS) is 18.3. The van der Waals surface area contributed by atoms with Gasteiger partial charge in [0, 0.05) is 13.1 Å². The number of imidazole rings is 2. The van der Waals surface area contributed by atoms with E-state index >= 15 is 0 Å². The molecule has 3 amide bonds. The van der Waals surface area contributed by atoms with E-state index in [1.807, 2.05) is 51.9 Å². The zero-order valence-corrected chi connectivity index (χ0v) is 33.1. The molecule has 0 radical (unpaired) electrons. The lowest BCUT2D eigenvalue weighted by molar-refractivity contribution is -0.135. The number of H-pyrrole nitrogens is 2. The highest BCUT2D eigenvalue weighted by Gasteiger charge is 2.38. The van der Waals surface area contributed by atoms with Crippen molar-refractivity contribution in [3.63, 3.8) is 0 Å². The fourth-order valence-electron chi connectivity index (χ4n) is 7.50. The fraction of sp³-hybridized carbons (Fsp3) is 0.500. The van der Waals surface area contributed by atoms with Crippen molar-refractivity contribution >= 4 is 18.1 Å². The molecule has 2 aromatic heterocycles. The number of nitrogens with zero attached hydrogens (tertiary/aromatic N) is 4. The lowest BCUT2D eigenvalue weighted by Gasteiger charge is -2.30. The van der Waals surface area contributed by atoms with Gasteiger partial charge >= 0.3 is 12.2 Å². The zero-order chi connectivity index (χ0) is 38.9. The summed E-state index contributed by atoms with van der Waals surface area (Å²) in [6.45, 7) is 17.4. The molecule has 2 saturated heterocycles. The second-order valence-corrected chi connectivity index (χ2v) is 16.8. The predicted molar refractivity (Wildman–Crippen MR) is 209 cm³/mol. The summed E-state index contributed by atoms with van der Waals surface area (Å²) in [6.07, 6.45) is 6.14. The van der Waals surface area contributed by atoms with Crippen molar-refractivity contribution in [2.75, 3.05) is 20.2 Å². The van der Waals surface area contributed by atoms with Crippen LogP contribution in [0.2, 0.25) is 0 Å². The molecule has 54 heavy (non-hydrogen) atoms. The van der Waals surface area contributed by atoms with Gasteiger partial charge in [-0.2, -0.15) is 0 Å². The van der Waals surface area contributed by atoms with E-state index in [2.05, 4.69) is 78.5 Å². The summed E-state index contributed by atoms with van der Waals surface area (Å²) >= 11 is 0. The molecule has 2 fully saturated rings. The SMILES string of the molecule is COC(=O)N[C@H](C(=O)N1CCC[C@H]1c1ncc(-c2ccc(-c3ccc(-c4cnc([C@@H]5CCCN5C(=O)OC(C)(C)C)[nH]4)cc3C(C)(C)C)cc2)[nH]1)C(C)C. The number of likely N-dealkylation sites (tertiary alicyclic amines) is 2. The van der Waals surface area contributed by atoms with Crippen molar-refractivity contribution in [3.8, 4) is 33.6 Å². The molecule has 4 heterocycles. The number of alkyl carbamates (subject to hydrolysis) is 1. The summed E-state index contributed by atoms with van der Waals surface area (Å²) in [5, 5.41) is 2.71. The van der Waals surface area contributed by atoms with E-state index < -0.39 is 17.7 Å².